The SMILES string of the molecule is COc1c(NCCCS(C)(=O)=O)nc[nH]c1=O. The Hall–Kier alpha value is -1.57. The third kappa shape index (κ3) is 4.43. The molecule has 0 aliphatic rings. The van der Waals surface area contributed by atoms with Gasteiger partial charge in [0.05, 0.1) is 19.2 Å². The summed E-state index contributed by atoms with van der Waals surface area (Å²) in [6.45, 7) is 0.403. The van der Waals surface area contributed by atoms with Crippen LogP contribution in [0.2, 0.25) is 0 Å². The van der Waals surface area contributed by atoms with Gasteiger partial charge in [-0.1, -0.05) is 0 Å². The molecule has 2 N–H and O–H groups in total. The predicted molar refractivity (Wildman–Crippen MR) is 64.2 cm³/mol. The van der Waals surface area contributed by atoms with Crippen molar-refractivity contribution < 1.29 is 13.2 Å². The van der Waals surface area contributed by atoms with E-state index in [1.54, 1.807) is 0 Å². The molecule has 0 aliphatic carbocycles. The smallest absolute Gasteiger partial charge is 0.295 e. The first-order valence-corrected chi connectivity index (χ1v) is 7.03. The molecule has 1 rings (SSSR count). The number of aromatic amines is 1. The molecule has 0 atom stereocenters. The van der Waals surface area contributed by atoms with E-state index in [1.807, 2.05) is 0 Å². The van der Waals surface area contributed by atoms with Crippen LogP contribution in [0.4, 0.5) is 5.82 Å². The Morgan fingerprint density at radius 1 is 1.53 bits per heavy atom. The van der Waals surface area contributed by atoms with Crippen LogP contribution < -0.4 is 15.6 Å². The minimum Gasteiger partial charge on any atom is -0.489 e. The summed E-state index contributed by atoms with van der Waals surface area (Å²) in [7, 11) is -1.59. The number of hydrogen-bond donors (Lipinski definition) is 2. The molecule has 0 fully saturated rings. The molecular formula is C9H15N3O4S. The molecular weight excluding hydrogens is 246 g/mol. The largest absolute Gasteiger partial charge is 0.489 e. The van der Waals surface area contributed by atoms with Crippen molar-refractivity contribution in [2.24, 2.45) is 0 Å². The Morgan fingerprint density at radius 3 is 2.82 bits per heavy atom. The highest BCUT2D eigenvalue weighted by Gasteiger charge is 2.08. The van der Waals surface area contributed by atoms with Gasteiger partial charge < -0.3 is 15.0 Å². The second-order valence-corrected chi connectivity index (χ2v) is 5.78. The molecule has 0 saturated heterocycles. The van der Waals surface area contributed by atoms with E-state index >= 15 is 0 Å². The van der Waals surface area contributed by atoms with Crippen LogP contribution >= 0.6 is 0 Å². The molecule has 96 valence electrons. The van der Waals surface area contributed by atoms with Crippen molar-refractivity contribution in [1.29, 1.82) is 0 Å². The second-order valence-electron chi connectivity index (χ2n) is 3.52. The van der Waals surface area contributed by atoms with E-state index in [9.17, 15) is 13.2 Å². The Balaban J connectivity index is 2.58. The van der Waals surface area contributed by atoms with Crippen LogP contribution in [0, 0.1) is 0 Å². The Morgan fingerprint density at radius 2 is 2.24 bits per heavy atom. The number of hydrogen-bond acceptors (Lipinski definition) is 6. The normalized spacial score (nSPS) is 11.2. The van der Waals surface area contributed by atoms with Gasteiger partial charge in [-0.3, -0.25) is 4.79 Å². The van der Waals surface area contributed by atoms with Crippen LogP contribution in [0.25, 0.3) is 0 Å². The van der Waals surface area contributed by atoms with E-state index in [4.69, 9.17) is 4.74 Å². The number of nitrogens with one attached hydrogen (secondary N) is 2. The lowest BCUT2D eigenvalue weighted by Gasteiger charge is -2.08. The third-order valence-electron chi connectivity index (χ3n) is 2.00. The van der Waals surface area contributed by atoms with Crippen molar-refractivity contribution in [3.05, 3.63) is 16.7 Å². The van der Waals surface area contributed by atoms with Gasteiger partial charge in [0.1, 0.15) is 9.84 Å². The lowest BCUT2D eigenvalue weighted by Crippen LogP contribution is -2.16. The number of H-pyrrole nitrogens is 1. The van der Waals surface area contributed by atoms with Crippen LogP contribution in [0.1, 0.15) is 6.42 Å². The van der Waals surface area contributed by atoms with Crippen molar-refractivity contribution >= 4 is 15.7 Å². The van der Waals surface area contributed by atoms with Gasteiger partial charge in [-0.05, 0) is 6.42 Å². The summed E-state index contributed by atoms with van der Waals surface area (Å²) in [4.78, 5) is 17.6. The summed E-state index contributed by atoms with van der Waals surface area (Å²) in [6.07, 6.45) is 2.87. The van der Waals surface area contributed by atoms with Crippen molar-refractivity contribution in [1.82, 2.24) is 9.97 Å². The van der Waals surface area contributed by atoms with Gasteiger partial charge >= 0.3 is 0 Å². The maximum Gasteiger partial charge on any atom is 0.295 e. The molecule has 0 aliphatic heterocycles. The zero-order chi connectivity index (χ0) is 12.9. The van der Waals surface area contributed by atoms with Crippen molar-refractivity contribution in [3.63, 3.8) is 0 Å². The van der Waals surface area contributed by atoms with Crippen molar-refractivity contribution in [2.75, 3.05) is 31.0 Å². The topological polar surface area (TPSA) is 101 Å². The Bertz CT molecular complexity index is 523. The van der Waals surface area contributed by atoms with Gasteiger partial charge in [0.25, 0.3) is 5.56 Å². The fraction of sp³-hybridized carbons (Fsp3) is 0.556. The molecule has 17 heavy (non-hydrogen) atoms. The lowest BCUT2D eigenvalue weighted by molar-refractivity contribution is 0.408. The molecule has 1 heterocycles. The molecule has 0 unspecified atom stereocenters. The highest BCUT2D eigenvalue weighted by atomic mass is 32.2. The summed E-state index contributed by atoms with van der Waals surface area (Å²) >= 11 is 0. The van der Waals surface area contributed by atoms with Crippen LogP contribution in [0.5, 0.6) is 5.75 Å². The van der Waals surface area contributed by atoms with Gasteiger partial charge in [0.15, 0.2) is 5.82 Å². The van der Waals surface area contributed by atoms with Gasteiger partial charge in [-0.15, -0.1) is 0 Å². The first-order chi connectivity index (χ1) is 7.94. The zero-order valence-electron chi connectivity index (χ0n) is 9.69. The molecule has 7 nitrogen and oxygen atoms in total. The maximum atomic E-state index is 11.3. The number of nitrogens with zero attached hydrogens (tertiary/aromatic N) is 1. The van der Waals surface area contributed by atoms with Crippen LogP contribution in [-0.2, 0) is 9.84 Å². The lowest BCUT2D eigenvalue weighted by atomic mass is 10.4. The highest BCUT2D eigenvalue weighted by molar-refractivity contribution is 7.90. The monoisotopic (exact) mass is 261 g/mol. The van der Waals surface area contributed by atoms with E-state index < -0.39 is 9.84 Å². The maximum absolute atomic E-state index is 11.3. The summed E-state index contributed by atoms with van der Waals surface area (Å²) in [6, 6.07) is 0. The summed E-state index contributed by atoms with van der Waals surface area (Å²) in [5.74, 6) is 0.488. The van der Waals surface area contributed by atoms with E-state index in [2.05, 4.69) is 15.3 Å². The predicted octanol–water partition coefficient (Wildman–Crippen LogP) is -0.375. The van der Waals surface area contributed by atoms with Gasteiger partial charge in [-0.25, -0.2) is 13.4 Å². The summed E-state index contributed by atoms with van der Waals surface area (Å²) < 4.78 is 26.7. The number of methoxy groups -OCH3 is 1. The standard InChI is InChI=1S/C9H15N3O4S/c1-16-7-8(11-6-12-9(7)13)10-4-3-5-17(2,14)15/h6H,3-5H2,1-2H3,(H2,10,11,12,13). The molecule has 8 heteroatoms. The first kappa shape index (κ1) is 13.5. The first-order valence-electron chi connectivity index (χ1n) is 4.97. The number of rotatable bonds is 6. The average molecular weight is 261 g/mol. The molecule has 0 radical (unpaired) electrons. The second kappa shape index (κ2) is 5.67. The van der Waals surface area contributed by atoms with Gasteiger partial charge in [0, 0.05) is 12.8 Å². The fourth-order valence-corrected chi connectivity index (χ4v) is 1.91. The minimum absolute atomic E-state index is 0.0888. The Kier molecular flexibility index (Phi) is 4.50. The van der Waals surface area contributed by atoms with E-state index in [-0.39, 0.29) is 17.1 Å². The molecule has 1 aromatic rings. The van der Waals surface area contributed by atoms with Gasteiger partial charge in [-0.2, -0.15) is 0 Å². The highest BCUT2D eigenvalue weighted by Crippen LogP contribution is 2.13. The Labute approximate surface area is 99.1 Å². The summed E-state index contributed by atoms with van der Waals surface area (Å²) in [5.41, 5.74) is -0.381. The molecule has 1 aromatic heterocycles. The molecule has 0 bridgehead atoms. The zero-order valence-corrected chi connectivity index (χ0v) is 10.5. The number of ether oxygens (including phenoxy) is 1. The third-order valence-corrected chi connectivity index (χ3v) is 3.03. The van der Waals surface area contributed by atoms with Gasteiger partial charge in [0.2, 0.25) is 5.75 Å². The number of anilines is 1. The van der Waals surface area contributed by atoms with E-state index in [1.165, 1.54) is 19.7 Å². The van der Waals surface area contributed by atoms with Crippen molar-refractivity contribution in [3.8, 4) is 5.75 Å². The number of sulfone groups is 1. The molecule has 0 amide bonds. The van der Waals surface area contributed by atoms with E-state index in [0.717, 1.165) is 0 Å². The average Bonchev–Trinajstić information content (AvgIpc) is 2.23. The van der Waals surface area contributed by atoms with Crippen LogP contribution in [0.15, 0.2) is 11.1 Å². The molecule has 0 aromatic carbocycles. The van der Waals surface area contributed by atoms with E-state index in [0.29, 0.717) is 18.8 Å². The molecule has 0 spiro atoms. The number of aromatic nitrogens is 2. The summed E-state index contributed by atoms with van der Waals surface area (Å²) in [5, 5.41) is 2.86. The quantitative estimate of drug-likeness (QED) is 0.677. The molecule has 0 saturated carbocycles. The van der Waals surface area contributed by atoms with Crippen LogP contribution in [0.3, 0.4) is 0 Å². The van der Waals surface area contributed by atoms with Crippen LogP contribution in [-0.4, -0.2) is 44.0 Å². The van der Waals surface area contributed by atoms with Crippen molar-refractivity contribution in [2.45, 2.75) is 6.42 Å². The fourth-order valence-electron chi connectivity index (χ4n) is 1.24. The minimum atomic E-state index is -2.96.